The molecule has 0 atom stereocenters. The molecule has 1 saturated heterocycles. The molecule has 1 aromatic carbocycles. The van der Waals surface area contributed by atoms with E-state index >= 15 is 0 Å². The lowest BCUT2D eigenvalue weighted by molar-refractivity contribution is 0.282. The molecule has 0 radical (unpaired) electrons. The third-order valence-electron chi connectivity index (χ3n) is 2.97. The maximum atomic E-state index is 8.93. The summed E-state index contributed by atoms with van der Waals surface area (Å²) in [4.78, 5) is 0. The van der Waals surface area contributed by atoms with Crippen LogP contribution in [0.15, 0.2) is 24.3 Å². The molecule has 0 saturated carbocycles. The van der Waals surface area contributed by atoms with E-state index in [0.29, 0.717) is 5.92 Å². The molecule has 76 valence electrons. The molecule has 1 heterocycles. The summed E-state index contributed by atoms with van der Waals surface area (Å²) >= 11 is 0. The van der Waals surface area contributed by atoms with Gasteiger partial charge in [-0.25, -0.2) is 0 Å². The summed E-state index contributed by atoms with van der Waals surface area (Å²) in [6.45, 7) is 2.41. The van der Waals surface area contributed by atoms with Gasteiger partial charge in [-0.3, -0.25) is 0 Å². The Morgan fingerprint density at radius 1 is 1.14 bits per heavy atom. The average Bonchev–Trinajstić information content (AvgIpc) is 2.30. The fraction of sp³-hybridized carbons (Fsp3) is 0.500. The van der Waals surface area contributed by atoms with E-state index in [1.54, 1.807) is 0 Å². The van der Waals surface area contributed by atoms with E-state index in [0.717, 1.165) is 18.7 Å². The number of rotatable bonds is 2. The van der Waals surface area contributed by atoms with Crippen molar-refractivity contribution in [2.24, 2.45) is 0 Å². The Kier molecular flexibility index (Phi) is 3.17. The van der Waals surface area contributed by atoms with Crippen LogP contribution in [0.3, 0.4) is 0 Å². The molecule has 2 heteroatoms. The van der Waals surface area contributed by atoms with Crippen LogP contribution in [-0.2, 0) is 6.61 Å². The summed E-state index contributed by atoms with van der Waals surface area (Å²) in [5, 5.41) is 12.3. The van der Waals surface area contributed by atoms with Crippen molar-refractivity contribution in [1.82, 2.24) is 5.32 Å². The van der Waals surface area contributed by atoms with Gasteiger partial charge >= 0.3 is 0 Å². The minimum atomic E-state index is 0.145. The molecule has 0 aliphatic carbocycles. The van der Waals surface area contributed by atoms with Crippen LogP contribution in [0.25, 0.3) is 0 Å². The van der Waals surface area contributed by atoms with Gasteiger partial charge in [0.15, 0.2) is 0 Å². The number of benzene rings is 1. The minimum Gasteiger partial charge on any atom is -0.392 e. The monoisotopic (exact) mass is 191 g/mol. The highest BCUT2D eigenvalue weighted by Gasteiger charge is 2.14. The highest BCUT2D eigenvalue weighted by atomic mass is 16.3. The molecular formula is C12H17NO. The molecule has 1 fully saturated rings. The summed E-state index contributed by atoms with van der Waals surface area (Å²) in [7, 11) is 0. The first kappa shape index (κ1) is 9.69. The van der Waals surface area contributed by atoms with E-state index in [1.165, 1.54) is 18.4 Å². The van der Waals surface area contributed by atoms with Crippen LogP contribution in [0.5, 0.6) is 0 Å². The Hall–Kier alpha value is -0.860. The molecule has 2 rings (SSSR count). The molecule has 0 aromatic heterocycles. The van der Waals surface area contributed by atoms with E-state index in [1.807, 2.05) is 12.1 Å². The first-order valence-electron chi connectivity index (χ1n) is 5.30. The number of hydrogen-bond acceptors (Lipinski definition) is 2. The summed E-state index contributed by atoms with van der Waals surface area (Å²) in [6.07, 6.45) is 2.47. The smallest absolute Gasteiger partial charge is 0.0681 e. The molecule has 0 amide bonds. The second-order valence-corrected chi connectivity index (χ2v) is 3.92. The van der Waals surface area contributed by atoms with Crippen LogP contribution < -0.4 is 5.32 Å². The van der Waals surface area contributed by atoms with Crippen molar-refractivity contribution in [1.29, 1.82) is 0 Å². The lowest BCUT2D eigenvalue weighted by Gasteiger charge is -2.23. The zero-order valence-corrected chi connectivity index (χ0v) is 8.37. The third kappa shape index (κ3) is 2.14. The topological polar surface area (TPSA) is 32.3 Å². The zero-order valence-electron chi connectivity index (χ0n) is 8.37. The average molecular weight is 191 g/mol. The van der Waals surface area contributed by atoms with Crippen molar-refractivity contribution >= 4 is 0 Å². The molecule has 1 aliphatic rings. The third-order valence-corrected chi connectivity index (χ3v) is 2.97. The van der Waals surface area contributed by atoms with Crippen molar-refractivity contribution in [3.8, 4) is 0 Å². The lowest BCUT2D eigenvalue weighted by atomic mass is 9.90. The molecule has 2 nitrogen and oxygen atoms in total. The second kappa shape index (κ2) is 4.58. The van der Waals surface area contributed by atoms with Crippen molar-refractivity contribution in [2.45, 2.75) is 25.4 Å². The van der Waals surface area contributed by atoms with Crippen LogP contribution in [0.4, 0.5) is 0 Å². The minimum absolute atomic E-state index is 0.145. The van der Waals surface area contributed by atoms with Gasteiger partial charge in [0.25, 0.3) is 0 Å². The van der Waals surface area contributed by atoms with Gasteiger partial charge in [-0.1, -0.05) is 24.3 Å². The Morgan fingerprint density at radius 3 is 2.36 bits per heavy atom. The van der Waals surface area contributed by atoms with Crippen LogP contribution in [0, 0.1) is 0 Å². The molecule has 0 bridgehead atoms. The van der Waals surface area contributed by atoms with Gasteiger partial charge < -0.3 is 10.4 Å². The molecule has 0 unspecified atom stereocenters. The molecule has 0 spiro atoms. The Balaban J connectivity index is 2.07. The lowest BCUT2D eigenvalue weighted by Crippen LogP contribution is -2.26. The van der Waals surface area contributed by atoms with Gasteiger partial charge in [-0.15, -0.1) is 0 Å². The predicted octanol–water partition coefficient (Wildman–Crippen LogP) is 1.65. The summed E-state index contributed by atoms with van der Waals surface area (Å²) < 4.78 is 0. The van der Waals surface area contributed by atoms with Crippen LogP contribution in [0.1, 0.15) is 29.9 Å². The predicted molar refractivity (Wildman–Crippen MR) is 57.2 cm³/mol. The van der Waals surface area contributed by atoms with Crippen molar-refractivity contribution < 1.29 is 5.11 Å². The number of aliphatic hydroxyl groups is 1. The molecule has 1 aliphatic heterocycles. The maximum absolute atomic E-state index is 8.93. The second-order valence-electron chi connectivity index (χ2n) is 3.92. The van der Waals surface area contributed by atoms with Gasteiger partial charge in [0.1, 0.15) is 0 Å². The van der Waals surface area contributed by atoms with Gasteiger partial charge in [0, 0.05) is 0 Å². The number of piperidine rings is 1. The van der Waals surface area contributed by atoms with Crippen LogP contribution >= 0.6 is 0 Å². The molecule has 1 aromatic rings. The quantitative estimate of drug-likeness (QED) is 0.745. The normalized spacial score (nSPS) is 18.4. The van der Waals surface area contributed by atoms with E-state index in [-0.39, 0.29) is 6.61 Å². The van der Waals surface area contributed by atoms with E-state index in [4.69, 9.17) is 5.11 Å². The van der Waals surface area contributed by atoms with Gasteiger partial charge in [-0.05, 0) is 43.0 Å². The highest BCUT2D eigenvalue weighted by molar-refractivity contribution is 5.25. The SMILES string of the molecule is OCc1ccc(C2CCNCC2)cc1. The van der Waals surface area contributed by atoms with Crippen molar-refractivity contribution in [3.63, 3.8) is 0 Å². The van der Waals surface area contributed by atoms with Gasteiger partial charge in [-0.2, -0.15) is 0 Å². The maximum Gasteiger partial charge on any atom is 0.0681 e. The van der Waals surface area contributed by atoms with E-state index in [2.05, 4.69) is 17.4 Å². The van der Waals surface area contributed by atoms with Crippen LogP contribution in [0.2, 0.25) is 0 Å². The zero-order chi connectivity index (χ0) is 9.80. The standard InChI is InChI=1S/C12H17NO/c14-9-10-1-3-11(4-2-10)12-5-7-13-8-6-12/h1-4,12-14H,5-9H2. The van der Waals surface area contributed by atoms with E-state index < -0.39 is 0 Å². The molecule has 2 N–H and O–H groups in total. The Labute approximate surface area is 85.0 Å². The molecule has 14 heavy (non-hydrogen) atoms. The van der Waals surface area contributed by atoms with E-state index in [9.17, 15) is 0 Å². The first-order valence-corrected chi connectivity index (χ1v) is 5.30. The van der Waals surface area contributed by atoms with Crippen molar-refractivity contribution in [2.75, 3.05) is 13.1 Å². The van der Waals surface area contributed by atoms with Gasteiger partial charge in [0.05, 0.1) is 6.61 Å². The first-order chi connectivity index (χ1) is 6.90. The number of aliphatic hydroxyl groups excluding tert-OH is 1. The Morgan fingerprint density at radius 2 is 1.79 bits per heavy atom. The summed E-state index contributed by atoms with van der Waals surface area (Å²) in [5.74, 6) is 0.712. The summed E-state index contributed by atoms with van der Waals surface area (Å²) in [6, 6.07) is 8.36. The number of nitrogens with one attached hydrogen (secondary N) is 1. The fourth-order valence-electron chi connectivity index (χ4n) is 2.05. The summed E-state index contributed by atoms with van der Waals surface area (Å²) in [5.41, 5.74) is 2.42. The van der Waals surface area contributed by atoms with Gasteiger partial charge in [0.2, 0.25) is 0 Å². The largest absolute Gasteiger partial charge is 0.392 e. The Bertz CT molecular complexity index is 275. The van der Waals surface area contributed by atoms with Crippen molar-refractivity contribution in [3.05, 3.63) is 35.4 Å². The highest BCUT2D eigenvalue weighted by Crippen LogP contribution is 2.25. The number of hydrogen-bond donors (Lipinski definition) is 2. The molecular weight excluding hydrogens is 174 g/mol. The van der Waals surface area contributed by atoms with Crippen LogP contribution in [-0.4, -0.2) is 18.2 Å². The fourth-order valence-corrected chi connectivity index (χ4v) is 2.05.